The molecule has 3 heteroatoms. The van der Waals surface area contributed by atoms with E-state index >= 15 is 0 Å². The molecular weight excluding hydrogens is 234 g/mol. The number of pyridine rings is 1. The smallest absolute Gasteiger partial charge is 0.132 e. The fraction of sp³-hybridized carbons (Fsp3) is 0.688. The van der Waals surface area contributed by atoms with Crippen molar-refractivity contribution in [1.82, 2.24) is 10.3 Å². The van der Waals surface area contributed by atoms with Crippen LogP contribution in [-0.4, -0.2) is 30.7 Å². The normalized spacial score (nSPS) is 22.0. The maximum Gasteiger partial charge on any atom is 0.132 e. The second kappa shape index (κ2) is 5.49. The average Bonchev–Trinajstić information content (AvgIpc) is 2.47. The first kappa shape index (κ1) is 12.9. The summed E-state index contributed by atoms with van der Waals surface area (Å²) in [6.07, 6.45) is 8.18. The molecule has 1 N–H and O–H groups in total. The summed E-state index contributed by atoms with van der Waals surface area (Å²) in [5.41, 5.74) is 4.62. The molecule has 3 rings (SSSR count). The highest BCUT2D eigenvalue weighted by Crippen LogP contribution is 2.33. The molecule has 0 saturated carbocycles. The SMILES string of the molecule is CCCc1cnc2c(c1CC)CCC1CNCCN21. The summed E-state index contributed by atoms with van der Waals surface area (Å²) < 4.78 is 0. The number of nitrogens with one attached hydrogen (secondary N) is 1. The van der Waals surface area contributed by atoms with Crippen LogP contribution in [-0.2, 0) is 19.3 Å². The van der Waals surface area contributed by atoms with Crippen LogP contribution in [0, 0.1) is 0 Å². The first-order chi connectivity index (χ1) is 9.35. The van der Waals surface area contributed by atoms with Gasteiger partial charge in [0.1, 0.15) is 5.82 Å². The van der Waals surface area contributed by atoms with E-state index in [-0.39, 0.29) is 0 Å². The highest BCUT2D eigenvalue weighted by molar-refractivity contribution is 5.56. The lowest BCUT2D eigenvalue weighted by molar-refractivity contribution is 0.434. The van der Waals surface area contributed by atoms with Crippen LogP contribution in [0.25, 0.3) is 0 Å². The van der Waals surface area contributed by atoms with E-state index in [1.807, 2.05) is 0 Å². The van der Waals surface area contributed by atoms with Gasteiger partial charge in [0, 0.05) is 31.9 Å². The van der Waals surface area contributed by atoms with Gasteiger partial charge in [-0.25, -0.2) is 4.98 Å². The summed E-state index contributed by atoms with van der Waals surface area (Å²) in [6.45, 7) is 7.87. The largest absolute Gasteiger partial charge is 0.351 e. The molecule has 3 heterocycles. The maximum atomic E-state index is 4.83. The van der Waals surface area contributed by atoms with E-state index in [1.165, 1.54) is 37.1 Å². The molecule has 2 aliphatic rings. The standard InChI is InChI=1S/C16H25N3/c1-3-5-12-10-18-16-15(14(12)4-2)7-6-13-11-17-8-9-19(13)16/h10,13,17H,3-9,11H2,1-2H3. The van der Waals surface area contributed by atoms with E-state index in [2.05, 4.69) is 30.3 Å². The third-order valence-corrected chi connectivity index (χ3v) is 4.59. The zero-order valence-corrected chi connectivity index (χ0v) is 12.2. The molecule has 0 radical (unpaired) electrons. The number of anilines is 1. The quantitative estimate of drug-likeness (QED) is 0.903. The van der Waals surface area contributed by atoms with E-state index in [0.29, 0.717) is 6.04 Å². The van der Waals surface area contributed by atoms with Gasteiger partial charge in [-0.15, -0.1) is 0 Å². The molecule has 104 valence electrons. The number of hydrogen-bond acceptors (Lipinski definition) is 3. The number of aryl methyl sites for hydroxylation is 1. The zero-order valence-electron chi connectivity index (χ0n) is 12.2. The van der Waals surface area contributed by atoms with E-state index in [1.54, 1.807) is 11.1 Å². The number of fused-ring (bicyclic) bond motifs is 3. The van der Waals surface area contributed by atoms with Gasteiger partial charge in [0.25, 0.3) is 0 Å². The van der Waals surface area contributed by atoms with Gasteiger partial charge in [-0.1, -0.05) is 20.3 Å². The first-order valence-electron chi connectivity index (χ1n) is 7.82. The minimum Gasteiger partial charge on any atom is -0.351 e. The Labute approximate surface area is 116 Å². The van der Waals surface area contributed by atoms with Crippen molar-refractivity contribution >= 4 is 5.82 Å². The van der Waals surface area contributed by atoms with Crippen molar-refractivity contribution < 1.29 is 0 Å². The summed E-state index contributed by atoms with van der Waals surface area (Å²) in [5, 5.41) is 3.51. The molecule has 1 aromatic heterocycles. The predicted octanol–water partition coefficient (Wildman–Crippen LogP) is 2.32. The lowest BCUT2D eigenvalue weighted by atomic mass is 9.89. The minimum absolute atomic E-state index is 0.662. The number of rotatable bonds is 3. The van der Waals surface area contributed by atoms with Crippen LogP contribution in [0.15, 0.2) is 6.20 Å². The summed E-state index contributed by atoms with van der Waals surface area (Å²) >= 11 is 0. The molecule has 0 spiro atoms. The van der Waals surface area contributed by atoms with Gasteiger partial charge >= 0.3 is 0 Å². The second-order valence-electron chi connectivity index (χ2n) is 5.76. The van der Waals surface area contributed by atoms with Gasteiger partial charge in [-0.05, 0) is 42.4 Å². The Bertz CT molecular complexity index is 456. The molecule has 1 aromatic rings. The molecule has 0 aromatic carbocycles. The Kier molecular flexibility index (Phi) is 3.74. The zero-order chi connectivity index (χ0) is 13.2. The van der Waals surface area contributed by atoms with E-state index in [4.69, 9.17) is 4.98 Å². The fourth-order valence-corrected chi connectivity index (χ4v) is 3.67. The van der Waals surface area contributed by atoms with Crippen molar-refractivity contribution in [3.8, 4) is 0 Å². The molecule has 0 aliphatic carbocycles. The molecule has 1 fully saturated rings. The highest BCUT2D eigenvalue weighted by atomic mass is 15.3. The highest BCUT2D eigenvalue weighted by Gasteiger charge is 2.30. The Hall–Kier alpha value is -1.09. The van der Waals surface area contributed by atoms with Crippen LogP contribution in [0.4, 0.5) is 5.82 Å². The molecule has 3 nitrogen and oxygen atoms in total. The van der Waals surface area contributed by atoms with Crippen LogP contribution in [0.2, 0.25) is 0 Å². The van der Waals surface area contributed by atoms with Gasteiger partial charge in [0.2, 0.25) is 0 Å². The van der Waals surface area contributed by atoms with Gasteiger partial charge < -0.3 is 10.2 Å². The molecule has 19 heavy (non-hydrogen) atoms. The minimum atomic E-state index is 0.662. The Morgan fingerprint density at radius 2 is 2.32 bits per heavy atom. The monoisotopic (exact) mass is 259 g/mol. The summed E-state index contributed by atoms with van der Waals surface area (Å²) in [5.74, 6) is 1.29. The van der Waals surface area contributed by atoms with Crippen LogP contribution in [0.5, 0.6) is 0 Å². The summed E-state index contributed by atoms with van der Waals surface area (Å²) in [7, 11) is 0. The van der Waals surface area contributed by atoms with Crippen molar-refractivity contribution in [2.24, 2.45) is 0 Å². The molecule has 2 aliphatic heterocycles. The first-order valence-corrected chi connectivity index (χ1v) is 7.82. The fourth-order valence-electron chi connectivity index (χ4n) is 3.67. The number of aromatic nitrogens is 1. The molecule has 1 saturated heterocycles. The van der Waals surface area contributed by atoms with E-state index in [0.717, 1.165) is 26.1 Å². The number of nitrogens with zero attached hydrogens (tertiary/aromatic N) is 2. The third-order valence-electron chi connectivity index (χ3n) is 4.59. The number of piperazine rings is 1. The van der Waals surface area contributed by atoms with E-state index < -0.39 is 0 Å². The van der Waals surface area contributed by atoms with Crippen molar-refractivity contribution in [3.63, 3.8) is 0 Å². The van der Waals surface area contributed by atoms with Crippen molar-refractivity contribution in [1.29, 1.82) is 0 Å². The molecule has 0 amide bonds. The second-order valence-corrected chi connectivity index (χ2v) is 5.76. The van der Waals surface area contributed by atoms with Gasteiger partial charge in [-0.3, -0.25) is 0 Å². The van der Waals surface area contributed by atoms with Gasteiger partial charge in [0.05, 0.1) is 0 Å². The lowest BCUT2D eigenvalue weighted by Crippen LogP contribution is -2.53. The van der Waals surface area contributed by atoms with Crippen LogP contribution >= 0.6 is 0 Å². The maximum absolute atomic E-state index is 4.83. The molecular formula is C16H25N3. The Morgan fingerprint density at radius 3 is 3.11 bits per heavy atom. The number of hydrogen-bond donors (Lipinski definition) is 1. The summed E-state index contributed by atoms with van der Waals surface area (Å²) in [6, 6.07) is 0.662. The van der Waals surface area contributed by atoms with Crippen LogP contribution in [0.1, 0.15) is 43.4 Å². The Balaban J connectivity index is 2.00. The molecule has 1 unspecified atom stereocenters. The van der Waals surface area contributed by atoms with Gasteiger partial charge in [-0.2, -0.15) is 0 Å². The van der Waals surface area contributed by atoms with Crippen LogP contribution in [0.3, 0.4) is 0 Å². The predicted molar refractivity (Wildman–Crippen MR) is 79.9 cm³/mol. The third kappa shape index (κ3) is 2.25. The van der Waals surface area contributed by atoms with Gasteiger partial charge in [0.15, 0.2) is 0 Å². The molecule has 1 atom stereocenters. The van der Waals surface area contributed by atoms with Crippen molar-refractivity contribution in [2.45, 2.75) is 52.0 Å². The Morgan fingerprint density at radius 1 is 1.42 bits per heavy atom. The van der Waals surface area contributed by atoms with Crippen molar-refractivity contribution in [3.05, 3.63) is 22.9 Å². The topological polar surface area (TPSA) is 28.2 Å². The van der Waals surface area contributed by atoms with E-state index in [9.17, 15) is 0 Å². The molecule has 0 bridgehead atoms. The van der Waals surface area contributed by atoms with Crippen molar-refractivity contribution in [2.75, 3.05) is 24.5 Å². The lowest BCUT2D eigenvalue weighted by Gasteiger charge is -2.42. The van der Waals surface area contributed by atoms with Crippen LogP contribution < -0.4 is 10.2 Å². The summed E-state index contributed by atoms with van der Waals surface area (Å²) in [4.78, 5) is 7.37. The average molecular weight is 259 g/mol.